The van der Waals surface area contributed by atoms with Crippen molar-refractivity contribution < 1.29 is 4.79 Å². The minimum absolute atomic E-state index is 0.231. The lowest BCUT2D eigenvalue weighted by Crippen LogP contribution is -2.09. The minimum Gasteiger partial charge on any atom is -0.299 e. The molecule has 0 amide bonds. The summed E-state index contributed by atoms with van der Waals surface area (Å²) in [5, 5.41) is 4.91. The van der Waals surface area contributed by atoms with E-state index in [9.17, 15) is 4.79 Å². The number of hydrogen-bond acceptors (Lipinski definition) is 2. The van der Waals surface area contributed by atoms with Gasteiger partial charge in [0.05, 0.1) is 16.4 Å². The van der Waals surface area contributed by atoms with Gasteiger partial charge in [0.15, 0.2) is 0 Å². The van der Waals surface area contributed by atoms with Crippen molar-refractivity contribution in [3.8, 4) is 0 Å². The van der Waals surface area contributed by atoms with E-state index in [0.717, 1.165) is 24.4 Å². The van der Waals surface area contributed by atoms with E-state index in [1.165, 1.54) is 0 Å². The van der Waals surface area contributed by atoms with Crippen molar-refractivity contribution in [2.45, 2.75) is 46.6 Å². The highest BCUT2D eigenvalue weighted by Gasteiger charge is 2.15. The second-order valence-electron chi connectivity index (χ2n) is 3.63. The maximum atomic E-state index is 11.5. The van der Waals surface area contributed by atoms with Crippen LogP contribution in [0.25, 0.3) is 0 Å². The molecule has 84 valence electrons. The Morgan fingerprint density at radius 1 is 1.47 bits per heavy atom. The van der Waals surface area contributed by atoms with Gasteiger partial charge in [-0.05, 0) is 20.3 Å². The molecule has 0 aliphatic rings. The van der Waals surface area contributed by atoms with Gasteiger partial charge < -0.3 is 0 Å². The molecule has 0 radical (unpaired) electrons. The van der Waals surface area contributed by atoms with Gasteiger partial charge in [-0.3, -0.25) is 9.48 Å². The molecule has 0 N–H and O–H groups in total. The molecule has 0 aliphatic heterocycles. The molecule has 1 aromatic heterocycles. The number of nitrogens with zero attached hydrogens (tertiary/aromatic N) is 2. The van der Waals surface area contributed by atoms with E-state index in [4.69, 9.17) is 11.6 Å². The maximum Gasteiger partial charge on any atom is 0.138 e. The number of carbonyl (C=O) groups is 1. The van der Waals surface area contributed by atoms with E-state index in [2.05, 4.69) is 5.10 Å². The molecule has 3 nitrogen and oxygen atoms in total. The maximum absolute atomic E-state index is 11.5. The smallest absolute Gasteiger partial charge is 0.138 e. The number of aryl methyl sites for hydroxylation is 2. The van der Waals surface area contributed by atoms with Crippen LogP contribution in [0.4, 0.5) is 0 Å². The van der Waals surface area contributed by atoms with Gasteiger partial charge in [-0.1, -0.05) is 18.5 Å². The van der Waals surface area contributed by atoms with Crippen LogP contribution in [-0.2, 0) is 17.8 Å². The Bertz CT molecular complexity index is 358. The topological polar surface area (TPSA) is 34.9 Å². The molecule has 0 saturated heterocycles. The molecule has 1 aromatic rings. The third kappa shape index (κ3) is 2.81. The highest BCUT2D eigenvalue weighted by molar-refractivity contribution is 6.32. The third-order valence-electron chi connectivity index (χ3n) is 2.35. The lowest BCUT2D eigenvalue weighted by atomic mass is 10.1. The molecule has 0 bridgehead atoms. The zero-order valence-electron chi connectivity index (χ0n) is 9.51. The summed E-state index contributed by atoms with van der Waals surface area (Å²) in [5.41, 5.74) is 1.66. The summed E-state index contributed by atoms with van der Waals surface area (Å²) in [4.78, 5) is 11.5. The molecular weight excluding hydrogens is 212 g/mol. The van der Waals surface area contributed by atoms with Gasteiger partial charge in [0.25, 0.3) is 0 Å². The third-order valence-corrected chi connectivity index (χ3v) is 2.84. The molecule has 0 atom stereocenters. The first-order valence-electron chi connectivity index (χ1n) is 5.33. The number of Topliss-reactive ketones (excluding diaryl/α,β-unsaturated/α-hetero) is 1. The number of ketones is 1. The predicted octanol–water partition coefficient (Wildman–Crippen LogP) is 2.78. The largest absolute Gasteiger partial charge is 0.299 e. The summed E-state index contributed by atoms with van der Waals surface area (Å²) >= 11 is 6.10. The predicted molar refractivity (Wildman–Crippen MR) is 61.3 cm³/mol. The first-order valence-corrected chi connectivity index (χ1v) is 5.71. The summed E-state index contributed by atoms with van der Waals surface area (Å²) in [7, 11) is 0. The quantitative estimate of drug-likeness (QED) is 0.777. The van der Waals surface area contributed by atoms with E-state index in [1.54, 1.807) is 0 Å². The van der Waals surface area contributed by atoms with Crippen molar-refractivity contribution in [1.29, 1.82) is 0 Å². The van der Waals surface area contributed by atoms with Crippen molar-refractivity contribution in [2.24, 2.45) is 0 Å². The van der Waals surface area contributed by atoms with E-state index in [-0.39, 0.29) is 5.78 Å². The lowest BCUT2D eigenvalue weighted by molar-refractivity contribution is -0.118. The van der Waals surface area contributed by atoms with E-state index in [0.29, 0.717) is 17.9 Å². The number of halogens is 1. The molecule has 1 heterocycles. The molecule has 0 unspecified atom stereocenters. The van der Waals surface area contributed by atoms with Crippen LogP contribution in [0.15, 0.2) is 0 Å². The van der Waals surface area contributed by atoms with Crippen LogP contribution in [0.2, 0.25) is 5.02 Å². The molecule has 0 saturated carbocycles. The normalized spacial score (nSPS) is 10.7. The van der Waals surface area contributed by atoms with Crippen molar-refractivity contribution >= 4 is 17.4 Å². The molecule has 0 aromatic carbocycles. The van der Waals surface area contributed by atoms with Crippen LogP contribution in [0.3, 0.4) is 0 Å². The van der Waals surface area contributed by atoms with Crippen LogP contribution < -0.4 is 0 Å². The highest BCUT2D eigenvalue weighted by atomic mass is 35.5. The number of aromatic nitrogens is 2. The second kappa shape index (κ2) is 5.31. The summed E-state index contributed by atoms with van der Waals surface area (Å²) in [6, 6.07) is 0. The van der Waals surface area contributed by atoms with Crippen LogP contribution in [0.1, 0.15) is 38.1 Å². The van der Waals surface area contributed by atoms with Crippen LogP contribution in [0, 0.1) is 6.92 Å². The number of carbonyl (C=O) groups excluding carboxylic acids is 1. The van der Waals surface area contributed by atoms with Gasteiger partial charge in [0.1, 0.15) is 5.78 Å². The van der Waals surface area contributed by atoms with Gasteiger partial charge in [-0.15, -0.1) is 0 Å². The molecule has 0 fully saturated rings. The SMILES string of the molecule is CCCC(=O)Cc1c(Cl)c(C)nn1CC. The van der Waals surface area contributed by atoms with Gasteiger partial charge in [-0.2, -0.15) is 5.10 Å². The first-order chi connectivity index (χ1) is 7.10. The summed E-state index contributed by atoms with van der Waals surface area (Å²) < 4.78 is 1.81. The molecule has 4 heteroatoms. The van der Waals surface area contributed by atoms with Gasteiger partial charge in [-0.25, -0.2) is 0 Å². The Morgan fingerprint density at radius 2 is 2.13 bits per heavy atom. The highest BCUT2D eigenvalue weighted by Crippen LogP contribution is 2.21. The minimum atomic E-state index is 0.231. The van der Waals surface area contributed by atoms with Gasteiger partial charge in [0, 0.05) is 19.4 Å². The number of hydrogen-bond donors (Lipinski definition) is 0. The average Bonchev–Trinajstić information content (AvgIpc) is 2.46. The van der Waals surface area contributed by atoms with Gasteiger partial charge in [0.2, 0.25) is 0 Å². The van der Waals surface area contributed by atoms with Crippen LogP contribution in [0.5, 0.6) is 0 Å². The fourth-order valence-electron chi connectivity index (χ4n) is 1.59. The zero-order valence-corrected chi connectivity index (χ0v) is 10.3. The summed E-state index contributed by atoms with van der Waals surface area (Å²) in [5.74, 6) is 0.231. The number of rotatable bonds is 5. The Balaban J connectivity index is 2.87. The molecular formula is C11H17ClN2O. The fraction of sp³-hybridized carbons (Fsp3) is 0.636. The van der Waals surface area contributed by atoms with E-state index < -0.39 is 0 Å². The monoisotopic (exact) mass is 228 g/mol. The average molecular weight is 229 g/mol. The summed E-state index contributed by atoms with van der Waals surface area (Å²) in [6.45, 7) is 6.61. The van der Waals surface area contributed by atoms with Crippen molar-refractivity contribution in [1.82, 2.24) is 9.78 Å². The summed E-state index contributed by atoms with van der Waals surface area (Å²) in [6.07, 6.45) is 1.90. The second-order valence-corrected chi connectivity index (χ2v) is 4.01. The van der Waals surface area contributed by atoms with Crippen molar-refractivity contribution in [3.63, 3.8) is 0 Å². The fourth-order valence-corrected chi connectivity index (χ4v) is 1.79. The Labute approximate surface area is 95.4 Å². The van der Waals surface area contributed by atoms with E-state index >= 15 is 0 Å². The Kier molecular flexibility index (Phi) is 4.33. The molecule has 1 rings (SSSR count). The van der Waals surface area contributed by atoms with Crippen molar-refractivity contribution in [3.05, 3.63) is 16.4 Å². The van der Waals surface area contributed by atoms with Crippen LogP contribution >= 0.6 is 11.6 Å². The van der Waals surface area contributed by atoms with Crippen LogP contribution in [-0.4, -0.2) is 15.6 Å². The Morgan fingerprint density at radius 3 is 2.67 bits per heavy atom. The van der Waals surface area contributed by atoms with E-state index in [1.807, 2.05) is 25.5 Å². The zero-order chi connectivity index (χ0) is 11.4. The van der Waals surface area contributed by atoms with Gasteiger partial charge >= 0.3 is 0 Å². The molecule has 0 spiro atoms. The first kappa shape index (κ1) is 12.2. The van der Waals surface area contributed by atoms with Crippen molar-refractivity contribution in [2.75, 3.05) is 0 Å². The molecule has 15 heavy (non-hydrogen) atoms. The Hall–Kier alpha value is -0.830. The standard InChI is InChI=1S/C11H17ClN2O/c1-4-6-9(15)7-10-11(12)8(3)13-14(10)5-2/h4-7H2,1-3H3. The lowest BCUT2D eigenvalue weighted by Gasteiger charge is -2.03. The molecule has 0 aliphatic carbocycles.